The number of carbonyl (C=O) groups excluding carboxylic acids is 1. The van der Waals surface area contributed by atoms with Gasteiger partial charge in [-0.1, -0.05) is 12.1 Å². The minimum atomic E-state index is -0.284. The number of ether oxygens (including phenoxy) is 2. The Kier molecular flexibility index (Phi) is 5.36. The Balaban J connectivity index is 1.86. The van der Waals surface area contributed by atoms with Gasteiger partial charge in [-0.25, -0.2) is 4.79 Å². The number of esters is 1. The van der Waals surface area contributed by atoms with E-state index in [1.165, 1.54) is 0 Å². The Labute approximate surface area is 121 Å². The fourth-order valence-electron chi connectivity index (χ4n) is 2.06. The van der Waals surface area contributed by atoms with Gasteiger partial charge in [-0.05, 0) is 35.0 Å². The van der Waals surface area contributed by atoms with E-state index in [0.29, 0.717) is 5.56 Å². The normalized spacial score (nSPS) is 18.0. The Morgan fingerprint density at radius 1 is 1.42 bits per heavy atom. The quantitative estimate of drug-likeness (QED) is 0.795. The first kappa shape index (κ1) is 14.5. The van der Waals surface area contributed by atoms with Crippen LogP contribution in [-0.2, 0) is 9.47 Å². The van der Waals surface area contributed by atoms with Gasteiger partial charge in [0.05, 0.1) is 18.8 Å². The van der Waals surface area contributed by atoms with Crippen LogP contribution < -0.4 is 0 Å². The lowest BCUT2D eigenvalue weighted by molar-refractivity contribution is 0.000396. The summed E-state index contributed by atoms with van der Waals surface area (Å²) in [6.45, 7) is 5.98. The van der Waals surface area contributed by atoms with Gasteiger partial charge in [0, 0.05) is 24.1 Å². The van der Waals surface area contributed by atoms with E-state index in [1.807, 2.05) is 25.1 Å². The van der Waals surface area contributed by atoms with Crippen LogP contribution >= 0.6 is 15.9 Å². The lowest BCUT2D eigenvalue weighted by atomic mass is 10.2. The molecule has 1 fully saturated rings. The Hall–Kier alpha value is -0.910. The molecule has 4 nitrogen and oxygen atoms in total. The van der Waals surface area contributed by atoms with E-state index in [0.717, 1.165) is 37.3 Å². The Morgan fingerprint density at radius 3 is 2.79 bits per heavy atom. The highest BCUT2D eigenvalue weighted by atomic mass is 79.9. The van der Waals surface area contributed by atoms with Crippen molar-refractivity contribution in [3.05, 3.63) is 34.3 Å². The van der Waals surface area contributed by atoms with Crippen LogP contribution in [0.3, 0.4) is 0 Å². The largest absolute Gasteiger partial charge is 0.458 e. The summed E-state index contributed by atoms with van der Waals surface area (Å²) >= 11 is 3.36. The second-order valence-electron chi connectivity index (χ2n) is 4.61. The maximum Gasteiger partial charge on any atom is 0.339 e. The Bertz CT molecular complexity index is 432. The SMILES string of the molecule is C[C@H](CN1CCOCC1)OC(=O)c1ccccc1Br. The second kappa shape index (κ2) is 7.03. The molecule has 0 amide bonds. The van der Waals surface area contributed by atoms with E-state index >= 15 is 0 Å². The summed E-state index contributed by atoms with van der Waals surface area (Å²) < 4.78 is 11.5. The van der Waals surface area contributed by atoms with Crippen molar-refractivity contribution >= 4 is 21.9 Å². The lowest BCUT2D eigenvalue weighted by Gasteiger charge is -2.28. The molecule has 0 aliphatic carbocycles. The summed E-state index contributed by atoms with van der Waals surface area (Å²) in [5.41, 5.74) is 0.566. The van der Waals surface area contributed by atoms with Crippen LogP contribution in [0.25, 0.3) is 0 Å². The monoisotopic (exact) mass is 327 g/mol. The van der Waals surface area contributed by atoms with Gasteiger partial charge in [0.2, 0.25) is 0 Å². The number of hydrogen-bond donors (Lipinski definition) is 0. The number of hydrogen-bond acceptors (Lipinski definition) is 4. The van der Waals surface area contributed by atoms with Gasteiger partial charge in [0.15, 0.2) is 0 Å². The van der Waals surface area contributed by atoms with E-state index in [2.05, 4.69) is 20.8 Å². The van der Waals surface area contributed by atoms with E-state index in [9.17, 15) is 4.79 Å². The van der Waals surface area contributed by atoms with Crippen molar-refractivity contribution in [2.45, 2.75) is 13.0 Å². The molecule has 104 valence electrons. The summed E-state index contributed by atoms with van der Waals surface area (Å²) in [5, 5.41) is 0. The van der Waals surface area contributed by atoms with E-state index in [4.69, 9.17) is 9.47 Å². The molecule has 0 radical (unpaired) electrons. The molecule has 5 heteroatoms. The van der Waals surface area contributed by atoms with Gasteiger partial charge < -0.3 is 9.47 Å². The molecule has 1 aromatic rings. The highest BCUT2D eigenvalue weighted by Gasteiger charge is 2.18. The van der Waals surface area contributed by atoms with Crippen LogP contribution in [0.2, 0.25) is 0 Å². The van der Waals surface area contributed by atoms with Crippen molar-refractivity contribution in [2.24, 2.45) is 0 Å². The lowest BCUT2D eigenvalue weighted by Crippen LogP contribution is -2.41. The van der Waals surface area contributed by atoms with Crippen molar-refractivity contribution < 1.29 is 14.3 Å². The summed E-state index contributed by atoms with van der Waals surface area (Å²) in [7, 11) is 0. The number of morpholine rings is 1. The minimum Gasteiger partial charge on any atom is -0.458 e. The van der Waals surface area contributed by atoms with E-state index < -0.39 is 0 Å². The van der Waals surface area contributed by atoms with Gasteiger partial charge in [0.1, 0.15) is 6.10 Å². The topological polar surface area (TPSA) is 38.8 Å². The third-order valence-corrected chi connectivity index (χ3v) is 3.71. The highest BCUT2D eigenvalue weighted by molar-refractivity contribution is 9.10. The molecule has 1 aliphatic rings. The zero-order valence-corrected chi connectivity index (χ0v) is 12.6. The molecule has 0 saturated carbocycles. The molecule has 19 heavy (non-hydrogen) atoms. The third-order valence-electron chi connectivity index (χ3n) is 3.02. The van der Waals surface area contributed by atoms with Crippen LogP contribution in [0.5, 0.6) is 0 Å². The van der Waals surface area contributed by atoms with Crippen LogP contribution in [0.1, 0.15) is 17.3 Å². The van der Waals surface area contributed by atoms with Crippen LogP contribution in [0, 0.1) is 0 Å². The van der Waals surface area contributed by atoms with E-state index in [1.54, 1.807) is 6.07 Å². The minimum absolute atomic E-state index is 0.127. The average Bonchev–Trinajstić information content (AvgIpc) is 2.40. The van der Waals surface area contributed by atoms with Gasteiger partial charge in [-0.3, -0.25) is 4.90 Å². The van der Waals surface area contributed by atoms with Crippen molar-refractivity contribution in [2.75, 3.05) is 32.8 Å². The summed E-state index contributed by atoms with van der Waals surface area (Å²) in [4.78, 5) is 14.3. The van der Waals surface area contributed by atoms with Crippen molar-refractivity contribution in [3.63, 3.8) is 0 Å². The molecular weight excluding hydrogens is 310 g/mol. The molecular formula is C14H18BrNO3. The van der Waals surface area contributed by atoms with Crippen molar-refractivity contribution in [1.82, 2.24) is 4.90 Å². The predicted octanol–water partition coefficient (Wildman–Crippen LogP) is 2.33. The second-order valence-corrected chi connectivity index (χ2v) is 5.46. The molecule has 1 aliphatic heterocycles. The first-order valence-electron chi connectivity index (χ1n) is 6.42. The molecule has 1 heterocycles. The predicted molar refractivity (Wildman–Crippen MR) is 76.3 cm³/mol. The molecule has 2 rings (SSSR count). The molecule has 0 spiro atoms. The molecule has 1 aromatic carbocycles. The molecule has 0 N–H and O–H groups in total. The number of carbonyl (C=O) groups is 1. The number of halogens is 1. The average molecular weight is 328 g/mol. The molecule has 0 aromatic heterocycles. The smallest absolute Gasteiger partial charge is 0.339 e. The Morgan fingerprint density at radius 2 is 2.11 bits per heavy atom. The van der Waals surface area contributed by atoms with Crippen molar-refractivity contribution in [3.8, 4) is 0 Å². The van der Waals surface area contributed by atoms with Gasteiger partial charge in [-0.15, -0.1) is 0 Å². The number of rotatable bonds is 4. The van der Waals surface area contributed by atoms with Crippen LogP contribution in [0.4, 0.5) is 0 Å². The fraction of sp³-hybridized carbons (Fsp3) is 0.500. The first-order chi connectivity index (χ1) is 9.16. The van der Waals surface area contributed by atoms with Gasteiger partial charge >= 0.3 is 5.97 Å². The van der Waals surface area contributed by atoms with Crippen LogP contribution in [-0.4, -0.2) is 49.8 Å². The van der Waals surface area contributed by atoms with Gasteiger partial charge in [0.25, 0.3) is 0 Å². The fourth-order valence-corrected chi connectivity index (χ4v) is 2.50. The maximum absolute atomic E-state index is 12.0. The zero-order chi connectivity index (χ0) is 13.7. The summed E-state index contributed by atoms with van der Waals surface area (Å²) in [6, 6.07) is 7.29. The molecule has 0 bridgehead atoms. The molecule has 1 saturated heterocycles. The van der Waals surface area contributed by atoms with E-state index in [-0.39, 0.29) is 12.1 Å². The zero-order valence-electron chi connectivity index (χ0n) is 11.0. The van der Waals surface area contributed by atoms with Crippen molar-refractivity contribution in [1.29, 1.82) is 0 Å². The standard InChI is InChI=1S/C14H18BrNO3/c1-11(10-16-6-8-18-9-7-16)19-14(17)12-4-2-3-5-13(12)15/h2-5,11H,6-10H2,1H3/t11-/m1/s1. The number of benzene rings is 1. The highest BCUT2D eigenvalue weighted by Crippen LogP contribution is 2.17. The first-order valence-corrected chi connectivity index (χ1v) is 7.21. The van der Waals surface area contributed by atoms with Gasteiger partial charge in [-0.2, -0.15) is 0 Å². The molecule has 1 atom stereocenters. The van der Waals surface area contributed by atoms with Crippen LogP contribution in [0.15, 0.2) is 28.7 Å². The third kappa shape index (κ3) is 4.30. The summed E-state index contributed by atoms with van der Waals surface area (Å²) in [6.07, 6.45) is -0.127. The molecule has 0 unspecified atom stereocenters. The maximum atomic E-state index is 12.0. The summed E-state index contributed by atoms with van der Waals surface area (Å²) in [5.74, 6) is -0.284. The number of nitrogens with zero attached hydrogens (tertiary/aromatic N) is 1.